The first-order chi connectivity index (χ1) is 44.2. The highest BCUT2D eigenvalue weighted by atomic mass is 16.5. The molecule has 0 spiro atoms. The molecule has 92 heavy (non-hydrogen) atoms. The zero-order valence-electron chi connectivity index (χ0n) is 54.7. The monoisotopic (exact) mass is 1260 g/mol. The Balaban J connectivity index is 0.000000142. The minimum Gasteiger partial charge on any atom is -0.376 e. The highest BCUT2D eigenvalue weighted by Crippen LogP contribution is 2.34. The number of pyridine rings is 3. The molecule has 9 aromatic heterocycles. The molecule has 0 saturated carbocycles. The molecule has 3 N–H and O–H groups in total. The van der Waals surface area contributed by atoms with Gasteiger partial charge in [0.2, 0.25) is 0 Å². The Morgan fingerprint density at radius 2 is 0.913 bits per heavy atom. The maximum Gasteiger partial charge on any atom is 0.333 e. The molecule has 9 aromatic rings. The number of hydrogen-bond acceptors (Lipinski definition) is 15. The van der Waals surface area contributed by atoms with Crippen molar-refractivity contribution in [3.8, 4) is 17.1 Å². The number of aromatic nitrogens is 12. The van der Waals surface area contributed by atoms with Crippen LogP contribution in [0, 0.1) is 23.7 Å². The van der Waals surface area contributed by atoms with Gasteiger partial charge in [0.15, 0.2) is 0 Å². The zero-order chi connectivity index (χ0) is 64.9. The Morgan fingerprint density at radius 1 is 0.489 bits per heavy atom. The Bertz CT molecular complexity index is 4320. The van der Waals surface area contributed by atoms with E-state index in [1.54, 1.807) is 32.1 Å². The van der Waals surface area contributed by atoms with Gasteiger partial charge in [0.05, 0.1) is 64.4 Å². The Morgan fingerprint density at radius 3 is 1.36 bits per heavy atom. The van der Waals surface area contributed by atoms with Gasteiger partial charge in [0.1, 0.15) is 0 Å². The Labute approximate surface area is 534 Å². The normalized spacial score (nSPS) is 21.2. The summed E-state index contributed by atoms with van der Waals surface area (Å²) in [5.41, 5.74) is 5.53. The molecule has 0 amide bonds. The first kappa shape index (κ1) is 65.4. The fraction of sp³-hybridized carbons (Fsp3) is 0.515. The van der Waals surface area contributed by atoms with Crippen molar-refractivity contribution in [3.63, 3.8) is 0 Å². The summed E-state index contributed by atoms with van der Waals surface area (Å²) >= 11 is 0. The number of likely N-dealkylation sites (tertiary alicyclic amines) is 1. The molecule has 0 aromatic carbocycles. The number of nitrogens with zero attached hydrogens (tertiary/aromatic N) is 14. The second-order valence-corrected chi connectivity index (χ2v) is 27.0. The van der Waals surface area contributed by atoms with Gasteiger partial charge in [-0.1, -0.05) is 34.6 Å². The molecule has 24 heteroatoms. The SMILES string of the molecule is CC(C)CN1CCC(C(C)c2ccn3ncc(-n4ccc(=O)[nH]c4=O)c3c2)CC1.CC(C)CN1[C@H](C)CN(Cc2ccn3ncc(-n4ccc(=O)[nH]c4=O)c3c2)C[C@@H]1C.C[C@@H]1CC(CN2CCN(Cc3ccn4ncc(-n5ccc(=O)[nH]c5=O)c4c3)CC2)C[C@H](C)O1. The summed E-state index contributed by atoms with van der Waals surface area (Å²) in [5, 5.41) is 13.1. The van der Waals surface area contributed by atoms with Crippen LogP contribution in [0.4, 0.5) is 0 Å². The number of hydrogen-bond donors (Lipinski definition) is 3. The third kappa shape index (κ3) is 15.7. The molecule has 2 unspecified atom stereocenters. The lowest BCUT2D eigenvalue weighted by atomic mass is 9.81. The standard InChI is InChI=1S/C24H32N6O3.C22H30N6O2.C22H29N5O2/c1-17-11-20(12-18(2)33-17)16-28-9-7-27(8-10-28)15-19-3-6-30-21(13-19)22(14-25-30)29-5-4-23(31)26-24(29)32;1-15(2)11-27-16(3)12-25(13-17(27)4)14-18-5-8-28-19(9-18)20(10-23-28)26-7-6-21(29)24-22(26)30;1-15(2)14-25-8-4-17(5-9-25)16(3)18-6-11-27-19(12-18)20(13-23-27)26-10-7-21(28)24-22(26)29/h3-6,13-14,17-18,20H,7-12,15-16H2,1-2H3,(H,26,31,32);5-10,15-17H,11-14H2,1-4H3,(H,24,29,30);6-7,10-13,15-17H,4-5,8-9,14H2,1-3H3,(H,24,28,29)/t17-,18+,20?;16-,17+;. The number of piperazine rings is 2. The number of rotatable bonds is 15. The molecule has 4 saturated heterocycles. The van der Waals surface area contributed by atoms with Crippen molar-refractivity contribution in [1.82, 2.24) is 82.0 Å². The number of aromatic amines is 3. The molecular formula is C68H91N17O7. The van der Waals surface area contributed by atoms with Gasteiger partial charge in [0, 0.05) is 139 Å². The largest absolute Gasteiger partial charge is 0.376 e. The average molecular weight is 1260 g/mol. The first-order valence-corrected chi connectivity index (χ1v) is 32.9. The van der Waals surface area contributed by atoms with Crippen LogP contribution < -0.4 is 33.7 Å². The molecule has 13 heterocycles. The molecule has 0 radical (unpaired) electrons. The van der Waals surface area contributed by atoms with Crippen LogP contribution >= 0.6 is 0 Å². The van der Waals surface area contributed by atoms with Gasteiger partial charge < -0.3 is 14.5 Å². The van der Waals surface area contributed by atoms with Gasteiger partial charge >= 0.3 is 17.1 Å². The van der Waals surface area contributed by atoms with Crippen LogP contribution in [0.2, 0.25) is 0 Å². The second kappa shape index (κ2) is 28.8. The van der Waals surface area contributed by atoms with Crippen LogP contribution in [0.5, 0.6) is 0 Å². The average Bonchev–Trinajstić information content (AvgIpc) is 1.63. The van der Waals surface area contributed by atoms with Crippen LogP contribution in [0.15, 0.2) is 139 Å². The summed E-state index contributed by atoms with van der Waals surface area (Å²) in [6.45, 7) is 34.3. The van der Waals surface area contributed by atoms with E-state index in [4.69, 9.17) is 4.74 Å². The van der Waals surface area contributed by atoms with E-state index in [0.29, 0.717) is 65.0 Å². The van der Waals surface area contributed by atoms with Crippen molar-refractivity contribution < 1.29 is 4.74 Å². The predicted molar refractivity (Wildman–Crippen MR) is 357 cm³/mol. The van der Waals surface area contributed by atoms with E-state index in [0.717, 1.165) is 94.2 Å². The molecule has 13 rings (SSSR count). The molecular weight excluding hydrogens is 1170 g/mol. The molecule has 6 atom stereocenters. The van der Waals surface area contributed by atoms with Crippen LogP contribution in [0.1, 0.15) is 111 Å². The van der Waals surface area contributed by atoms with Crippen LogP contribution in [0.25, 0.3) is 33.6 Å². The number of nitrogens with one attached hydrogen (secondary N) is 3. The van der Waals surface area contributed by atoms with E-state index < -0.39 is 33.7 Å². The zero-order valence-corrected chi connectivity index (χ0v) is 54.7. The van der Waals surface area contributed by atoms with Gasteiger partial charge in [-0.05, 0) is 149 Å². The van der Waals surface area contributed by atoms with Crippen molar-refractivity contribution in [3.05, 3.63) is 190 Å². The Kier molecular flexibility index (Phi) is 20.5. The van der Waals surface area contributed by atoms with E-state index in [9.17, 15) is 28.8 Å². The maximum absolute atomic E-state index is 12.2. The molecule has 24 nitrogen and oxygen atoms in total. The van der Waals surface area contributed by atoms with Crippen molar-refractivity contribution in [2.24, 2.45) is 23.7 Å². The van der Waals surface area contributed by atoms with E-state index >= 15 is 0 Å². The smallest absolute Gasteiger partial charge is 0.333 e. The topological polar surface area (TPSA) is 242 Å². The summed E-state index contributed by atoms with van der Waals surface area (Å²) in [7, 11) is 0. The quantitative estimate of drug-likeness (QED) is 0.109. The summed E-state index contributed by atoms with van der Waals surface area (Å²) in [6.07, 6.45) is 20.7. The third-order valence-electron chi connectivity index (χ3n) is 18.7. The summed E-state index contributed by atoms with van der Waals surface area (Å²) < 4.78 is 15.4. The van der Waals surface area contributed by atoms with Gasteiger partial charge in [-0.25, -0.2) is 27.9 Å². The van der Waals surface area contributed by atoms with E-state index in [1.165, 1.54) is 106 Å². The number of H-pyrrole nitrogens is 3. The fourth-order valence-corrected chi connectivity index (χ4v) is 14.4. The predicted octanol–water partition coefficient (Wildman–Crippen LogP) is 5.86. The molecule has 4 fully saturated rings. The number of piperidine rings is 1. The molecule has 4 aliphatic rings. The van der Waals surface area contributed by atoms with Gasteiger partial charge in [-0.2, -0.15) is 15.3 Å². The molecule has 0 bridgehead atoms. The first-order valence-electron chi connectivity index (χ1n) is 32.9. The maximum atomic E-state index is 12.2. The second-order valence-electron chi connectivity index (χ2n) is 27.0. The van der Waals surface area contributed by atoms with Gasteiger partial charge in [-0.3, -0.25) is 57.7 Å². The fourth-order valence-electron chi connectivity index (χ4n) is 14.4. The van der Waals surface area contributed by atoms with E-state index in [1.807, 2.05) is 18.6 Å². The van der Waals surface area contributed by atoms with Crippen LogP contribution in [-0.2, 0) is 17.8 Å². The lowest BCUT2D eigenvalue weighted by Gasteiger charge is -2.45. The van der Waals surface area contributed by atoms with Gasteiger partial charge in [-0.15, -0.1) is 0 Å². The summed E-state index contributed by atoms with van der Waals surface area (Å²) in [4.78, 5) is 90.6. The highest BCUT2D eigenvalue weighted by Gasteiger charge is 2.31. The highest BCUT2D eigenvalue weighted by molar-refractivity contribution is 5.66. The molecule has 4 aliphatic heterocycles. The molecule has 490 valence electrons. The van der Waals surface area contributed by atoms with E-state index in [2.05, 4.69) is 153 Å². The van der Waals surface area contributed by atoms with Crippen molar-refractivity contribution in [2.45, 2.75) is 131 Å². The van der Waals surface area contributed by atoms with Crippen molar-refractivity contribution in [2.75, 3.05) is 72.0 Å². The summed E-state index contributed by atoms with van der Waals surface area (Å²) in [6, 6.07) is 17.6. The van der Waals surface area contributed by atoms with Crippen LogP contribution in [-0.4, -0.2) is 178 Å². The number of ether oxygens (including phenoxy) is 1. The Hall–Kier alpha value is -8.13. The van der Waals surface area contributed by atoms with Crippen LogP contribution in [0.3, 0.4) is 0 Å². The third-order valence-corrected chi connectivity index (χ3v) is 18.7. The lowest BCUT2D eigenvalue weighted by molar-refractivity contribution is -0.0592. The van der Waals surface area contributed by atoms with E-state index in [-0.39, 0.29) is 0 Å². The van der Waals surface area contributed by atoms with Crippen molar-refractivity contribution in [1.29, 1.82) is 0 Å². The summed E-state index contributed by atoms with van der Waals surface area (Å²) in [5.74, 6) is 3.21. The minimum absolute atomic E-state index is 0.371. The van der Waals surface area contributed by atoms with Gasteiger partial charge in [0.25, 0.3) is 16.7 Å². The number of fused-ring (bicyclic) bond motifs is 3. The van der Waals surface area contributed by atoms with Crippen molar-refractivity contribution >= 4 is 16.6 Å². The lowest BCUT2D eigenvalue weighted by Crippen LogP contribution is -2.57. The minimum atomic E-state index is -0.466. The molecule has 0 aliphatic carbocycles.